The first kappa shape index (κ1) is 21.3. The van der Waals surface area contributed by atoms with Crippen LogP contribution >= 0.6 is 0 Å². The third-order valence-corrected chi connectivity index (χ3v) is 6.02. The third-order valence-electron chi connectivity index (χ3n) is 4.50. The second-order valence-electron chi connectivity index (χ2n) is 7.21. The summed E-state index contributed by atoms with van der Waals surface area (Å²) in [4.78, 5) is 18.8. The van der Waals surface area contributed by atoms with Crippen molar-refractivity contribution >= 4 is 33.1 Å². The van der Waals surface area contributed by atoms with Crippen molar-refractivity contribution in [3.8, 4) is 0 Å². The summed E-state index contributed by atoms with van der Waals surface area (Å²) < 4.78 is 28.0. The van der Waals surface area contributed by atoms with Crippen molar-refractivity contribution in [3.63, 3.8) is 0 Å². The van der Waals surface area contributed by atoms with E-state index in [1.54, 1.807) is 61.7 Å². The maximum atomic E-state index is 12.7. The molecule has 0 spiro atoms. The number of pyridine rings is 1. The molecule has 0 radical (unpaired) electrons. The van der Waals surface area contributed by atoms with Gasteiger partial charge in [0.25, 0.3) is 15.9 Å². The molecule has 1 heterocycles. The molecule has 156 valence electrons. The van der Waals surface area contributed by atoms with E-state index in [2.05, 4.69) is 15.0 Å². The second kappa shape index (κ2) is 8.54. The Bertz CT molecular complexity index is 1160. The molecule has 2 aromatic carbocycles. The number of hydrogen-bond acceptors (Lipinski definition) is 5. The predicted octanol–water partition coefficient (Wildman–Crippen LogP) is 3.82. The molecule has 8 heteroatoms. The molecule has 7 nitrogen and oxygen atoms in total. The Morgan fingerprint density at radius 1 is 0.933 bits per heavy atom. The SMILES string of the molecule is Cc1ccc(C)c(S(=O)(=O)Nc2ccc(C(=O)Nc3ccc(N(C)C)nc3)cc2)c1. The van der Waals surface area contributed by atoms with E-state index in [0.29, 0.717) is 22.5 Å². The molecular formula is C22H24N4O3S. The number of carbonyl (C=O) groups excluding carboxylic acids is 1. The molecule has 0 saturated carbocycles. The molecule has 30 heavy (non-hydrogen) atoms. The van der Waals surface area contributed by atoms with Crippen LogP contribution in [0.2, 0.25) is 0 Å². The highest BCUT2D eigenvalue weighted by Crippen LogP contribution is 2.21. The zero-order valence-electron chi connectivity index (χ0n) is 17.3. The van der Waals surface area contributed by atoms with E-state index in [1.807, 2.05) is 32.0 Å². The maximum absolute atomic E-state index is 12.7. The van der Waals surface area contributed by atoms with E-state index >= 15 is 0 Å². The van der Waals surface area contributed by atoms with Crippen molar-refractivity contribution in [3.05, 3.63) is 77.5 Å². The third kappa shape index (κ3) is 4.96. The zero-order chi connectivity index (χ0) is 21.9. The average Bonchev–Trinajstić information content (AvgIpc) is 2.70. The van der Waals surface area contributed by atoms with Gasteiger partial charge in [-0.05, 0) is 67.4 Å². The van der Waals surface area contributed by atoms with Crippen molar-refractivity contribution in [2.24, 2.45) is 0 Å². The molecule has 1 aromatic heterocycles. The minimum absolute atomic E-state index is 0.234. The molecule has 3 aromatic rings. The Balaban J connectivity index is 1.71. The van der Waals surface area contributed by atoms with Gasteiger partial charge in [-0.1, -0.05) is 12.1 Å². The number of anilines is 3. The van der Waals surface area contributed by atoms with Crippen LogP contribution in [0.1, 0.15) is 21.5 Å². The predicted molar refractivity (Wildman–Crippen MR) is 120 cm³/mol. The van der Waals surface area contributed by atoms with Gasteiger partial charge >= 0.3 is 0 Å². The Labute approximate surface area is 176 Å². The van der Waals surface area contributed by atoms with E-state index in [-0.39, 0.29) is 10.8 Å². The summed E-state index contributed by atoms with van der Waals surface area (Å²) in [5.74, 6) is 0.479. The molecule has 0 unspecified atom stereocenters. The van der Waals surface area contributed by atoms with Crippen molar-refractivity contribution in [2.75, 3.05) is 29.0 Å². The average molecular weight is 425 g/mol. The van der Waals surface area contributed by atoms with Crippen molar-refractivity contribution in [1.82, 2.24) is 4.98 Å². The lowest BCUT2D eigenvalue weighted by Crippen LogP contribution is -2.15. The number of rotatable bonds is 6. The number of sulfonamides is 1. The first-order valence-electron chi connectivity index (χ1n) is 9.30. The summed E-state index contributed by atoms with van der Waals surface area (Å²) in [5.41, 5.74) is 2.88. The summed E-state index contributed by atoms with van der Waals surface area (Å²) in [6.07, 6.45) is 1.58. The summed E-state index contributed by atoms with van der Waals surface area (Å²) >= 11 is 0. The van der Waals surface area contributed by atoms with Gasteiger partial charge in [-0.2, -0.15) is 0 Å². The topological polar surface area (TPSA) is 91.4 Å². The Kier molecular flexibility index (Phi) is 6.07. The minimum atomic E-state index is -3.72. The standard InChI is InChI=1S/C22H24N4O3S/c1-15-5-6-16(2)20(13-15)30(28,29)25-18-9-7-17(8-10-18)22(27)24-19-11-12-21(23-14-19)26(3)4/h5-14,25H,1-4H3,(H,24,27). The van der Waals surface area contributed by atoms with E-state index in [9.17, 15) is 13.2 Å². The molecule has 0 bridgehead atoms. The molecule has 0 aliphatic carbocycles. The van der Waals surface area contributed by atoms with Crippen LogP contribution < -0.4 is 14.9 Å². The Morgan fingerprint density at radius 2 is 1.60 bits per heavy atom. The maximum Gasteiger partial charge on any atom is 0.262 e. The van der Waals surface area contributed by atoms with Gasteiger partial charge in [0.1, 0.15) is 5.82 Å². The number of aryl methyl sites for hydroxylation is 2. The van der Waals surface area contributed by atoms with Crippen LogP contribution in [0, 0.1) is 13.8 Å². The number of benzene rings is 2. The highest BCUT2D eigenvalue weighted by atomic mass is 32.2. The number of carbonyl (C=O) groups is 1. The second-order valence-corrected chi connectivity index (χ2v) is 8.86. The van der Waals surface area contributed by atoms with Crippen LogP contribution in [0.4, 0.5) is 17.2 Å². The quantitative estimate of drug-likeness (QED) is 0.628. The van der Waals surface area contributed by atoms with Crippen LogP contribution in [0.5, 0.6) is 0 Å². The first-order chi connectivity index (χ1) is 14.2. The Hall–Kier alpha value is -3.39. The normalized spacial score (nSPS) is 11.1. The van der Waals surface area contributed by atoms with Crippen molar-refractivity contribution in [2.45, 2.75) is 18.7 Å². The van der Waals surface area contributed by atoms with Crippen molar-refractivity contribution in [1.29, 1.82) is 0 Å². The van der Waals surface area contributed by atoms with Gasteiger partial charge in [-0.25, -0.2) is 13.4 Å². The fourth-order valence-corrected chi connectivity index (χ4v) is 4.21. The molecule has 3 rings (SSSR count). The number of hydrogen-bond donors (Lipinski definition) is 2. The molecule has 0 aliphatic rings. The molecule has 0 saturated heterocycles. The fraction of sp³-hybridized carbons (Fsp3) is 0.182. The van der Waals surface area contributed by atoms with Crippen LogP contribution in [-0.4, -0.2) is 33.4 Å². The van der Waals surface area contributed by atoms with Gasteiger partial charge in [0.2, 0.25) is 0 Å². The summed E-state index contributed by atoms with van der Waals surface area (Å²) in [5, 5.41) is 2.77. The van der Waals surface area contributed by atoms with Gasteiger partial charge in [0.05, 0.1) is 16.8 Å². The lowest BCUT2D eigenvalue weighted by Gasteiger charge is -2.12. The minimum Gasteiger partial charge on any atom is -0.363 e. The fourth-order valence-electron chi connectivity index (χ4n) is 2.82. The van der Waals surface area contributed by atoms with E-state index in [1.165, 1.54) is 0 Å². The van der Waals surface area contributed by atoms with Crippen molar-refractivity contribution < 1.29 is 13.2 Å². The molecule has 2 N–H and O–H groups in total. The number of nitrogens with zero attached hydrogens (tertiary/aromatic N) is 2. The smallest absolute Gasteiger partial charge is 0.262 e. The molecular weight excluding hydrogens is 400 g/mol. The molecule has 0 aliphatic heterocycles. The summed E-state index contributed by atoms with van der Waals surface area (Å²) in [7, 11) is 0.0490. The summed E-state index contributed by atoms with van der Waals surface area (Å²) in [6.45, 7) is 3.59. The van der Waals surface area contributed by atoms with Crippen LogP contribution in [-0.2, 0) is 10.0 Å². The number of aromatic nitrogens is 1. The zero-order valence-corrected chi connectivity index (χ0v) is 18.1. The summed E-state index contributed by atoms with van der Waals surface area (Å²) in [6, 6.07) is 15.1. The first-order valence-corrected chi connectivity index (χ1v) is 10.8. The largest absolute Gasteiger partial charge is 0.363 e. The highest BCUT2D eigenvalue weighted by Gasteiger charge is 2.17. The highest BCUT2D eigenvalue weighted by molar-refractivity contribution is 7.92. The van der Waals surface area contributed by atoms with Gasteiger partial charge in [0.15, 0.2) is 0 Å². The van der Waals surface area contributed by atoms with E-state index in [0.717, 1.165) is 11.4 Å². The molecule has 0 atom stereocenters. The van der Waals surface area contributed by atoms with E-state index in [4.69, 9.17) is 0 Å². The molecule has 1 amide bonds. The van der Waals surface area contributed by atoms with Gasteiger partial charge < -0.3 is 10.2 Å². The van der Waals surface area contributed by atoms with Gasteiger partial charge in [-0.15, -0.1) is 0 Å². The van der Waals surface area contributed by atoms with Crippen LogP contribution in [0.15, 0.2) is 65.7 Å². The molecule has 0 fully saturated rings. The number of amides is 1. The van der Waals surface area contributed by atoms with Crippen LogP contribution in [0.3, 0.4) is 0 Å². The lowest BCUT2D eigenvalue weighted by molar-refractivity contribution is 0.102. The lowest BCUT2D eigenvalue weighted by atomic mass is 10.2. The number of nitrogens with one attached hydrogen (secondary N) is 2. The van der Waals surface area contributed by atoms with Gasteiger partial charge in [-0.3, -0.25) is 9.52 Å². The van der Waals surface area contributed by atoms with Gasteiger partial charge in [0, 0.05) is 25.3 Å². The van der Waals surface area contributed by atoms with E-state index < -0.39 is 10.0 Å². The Morgan fingerprint density at radius 3 is 2.20 bits per heavy atom. The van der Waals surface area contributed by atoms with Crippen LogP contribution in [0.25, 0.3) is 0 Å². The monoisotopic (exact) mass is 424 g/mol.